The predicted molar refractivity (Wildman–Crippen MR) is 177 cm³/mol. The molecule has 3 heterocycles. The monoisotopic (exact) mass is 644 g/mol. The van der Waals surface area contributed by atoms with Crippen molar-refractivity contribution < 1.29 is 22.8 Å². The van der Waals surface area contributed by atoms with Gasteiger partial charge in [0.05, 0.1) is 28.1 Å². The number of pyridine rings is 2. The number of carbonyl (C=O) groups excluding carboxylic acids is 2. The van der Waals surface area contributed by atoms with Crippen molar-refractivity contribution in [1.82, 2.24) is 15.3 Å². The van der Waals surface area contributed by atoms with Crippen molar-refractivity contribution >= 4 is 62.6 Å². The number of rotatable bonds is 8. The molecule has 6 rings (SSSR count). The lowest BCUT2D eigenvalue weighted by molar-refractivity contribution is -0.123. The van der Waals surface area contributed by atoms with Crippen LogP contribution in [-0.4, -0.2) is 47.0 Å². The van der Waals surface area contributed by atoms with E-state index in [1.807, 2.05) is 62.4 Å². The molecule has 1 aliphatic rings. The average Bonchev–Trinajstić information content (AvgIpc) is 3.32. The van der Waals surface area contributed by atoms with Gasteiger partial charge in [-0.15, -0.1) is 0 Å². The minimum Gasteiger partial charge on any atom is -0.386 e. The van der Waals surface area contributed by atoms with Gasteiger partial charge < -0.3 is 16.0 Å². The normalized spacial score (nSPS) is 18.1. The Kier molecular flexibility index (Phi) is 8.01. The highest BCUT2D eigenvalue weighted by Crippen LogP contribution is 2.48. The maximum Gasteiger partial charge on any atom is 0.446 e. The van der Waals surface area contributed by atoms with Crippen molar-refractivity contribution in [3.05, 3.63) is 96.3 Å². The summed E-state index contributed by atoms with van der Waals surface area (Å²) in [4.78, 5) is 38.9. The molecule has 0 spiro atoms. The Balaban J connectivity index is 1.54. The van der Waals surface area contributed by atoms with E-state index in [0.29, 0.717) is 0 Å². The molecule has 2 unspecified atom stereocenters. The molecule has 1 saturated heterocycles. The number of para-hydroxylation sites is 2. The highest BCUT2D eigenvalue weighted by atomic mass is 32.2. The van der Waals surface area contributed by atoms with Crippen LogP contribution < -0.4 is 20.9 Å². The molecular formula is C34H31F3N6O2S. The number of halogens is 3. The number of hydrogen-bond donors (Lipinski definition) is 3. The smallest absolute Gasteiger partial charge is 0.386 e. The number of alkyl halides is 3. The number of urea groups is 1. The van der Waals surface area contributed by atoms with Gasteiger partial charge in [-0.1, -0.05) is 38.1 Å². The van der Waals surface area contributed by atoms with Crippen LogP contribution in [-0.2, 0) is 4.79 Å². The summed E-state index contributed by atoms with van der Waals surface area (Å²) in [6, 6.07) is 19.8. The van der Waals surface area contributed by atoms with Crippen LogP contribution in [0, 0.1) is 0 Å². The van der Waals surface area contributed by atoms with Crippen LogP contribution in [0.25, 0.3) is 21.8 Å². The SMILES string of the molecule is CNc1cccc2c(C(C)C3(C(C)c4ccnc5c(NC)cccc45)NC(=O)N(c4ccc(SC(F)(F)F)cc4)C3=O)ccnc12. The second-order valence-electron chi connectivity index (χ2n) is 11.1. The first-order chi connectivity index (χ1) is 22.0. The number of nitrogens with zero attached hydrogens (tertiary/aromatic N) is 3. The van der Waals surface area contributed by atoms with Crippen molar-refractivity contribution in [2.75, 3.05) is 29.6 Å². The number of fused-ring (bicyclic) bond motifs is 2. The van der Waals surface area contributed by atoms with Crippen LogP contribution >= 0.6 is 11.8 Å². The Morgan fingerprint density at radius 3 is 1.74 bits per heavy atom. The predicted octanol–water partition coefficient (Wildman–Crippen LogP) is 7.88. The van der Waals surface area contributed by atoms with Crippen molar-refractivity contribution in [2.45, 2.75) is 41.6 Å². The fourth-order valence-electron chi connectivity index (χ4n) is 6.60. The number of benzene rings is 3. The zero-order valence-corrected chi connectivity index (χ0v) is 26.3. The van der Waals surface area contributed by atoms with Crippen LogP contribution in [0.4, 0.5) is 35.0 Å². The first-order valence-corrected chi connectivity index (χ1v) is 15.4. The Morgan fingerprint density at radius 1 is 0.783 bits per heavy atom. The maximum atomic E-state index is 14.9. The molecular weight excluding hydrogens is 613 g/mol. The van der Waals surface area contributed by atoms with E-state index in [0.717, 1.165) is 49.2 Å². The van der Waals surface area contributed by atoms with Gasteiger partial charge in [0.1, 0.15) is 5.54 Å². The molecule has 5 aromatic rings. The number of amides is 3. The van der Waals surface area contributed by atoms with Gasteiger partial charge in [0.25, 0.3) is 5.91 Å². The molecule has 3 aromatic carbocycles. The summed E-state index contributed by atoms with van der Waals surface area (Å²) in [6.07, 6.45) is 3.37. The van der Waals surface area contributed by atoms with Crippen LogP contribution in [0.2, 0.25) is 0 Å². The third kappa shape index (κ3) is 5.16. The standard InChI is InChI=1S/C34H31F3N6O2S/c1-19(23-15-17-40-29-25(23)7-5-9-27(29)38-3)33(20(2)24-16-18-41-30-26(24)8-6-10-28(30)39-4)31(44)43(32(45)42-33)21-11-13-22(14-12-21)46-34(35,36)37/h5-20,38-39H,1-4H3,(H,42,45). The summed E-state index contributed by atoms with van der Waals surface area (Å²) < 4.78 is 39.0. The zero-order valence-electron chi connectivity index (χ0n) is 25.4. The molecule has 1 aliphatic heterocycles. The van der Waals surface area contributed by atoms with E-state index in [9.17, 15) is 22.8 Å². The van der Waals surface area contributed by atoms with Crippen molar-refractivity contribution in [2.24, 2.45) is 0 Å². The number of thioether (sulfide) groups is 1. The fourth-order valence-corrected chi connectivity index (χ4v) is 7.14. The summed E-state index contributed by atoms with van der Waals surface area (Å²) >= 11 is -0.260. The summed E-state index contributed by atoms with van der Waals surface area (Å²) in [7, 11) is 3.61. The van der Waals surface area contributed by atoms with Gasteiger partial charge in [0.2, 0.25) is 0 Å². The maximum absolute atomic E-state index is 14.9. The largest absolute Gasteiger partial charge is 0.446 e. The third-order valence-corrected chi connectivity index (χ3v) is 9.59. The number of carbonyl (C=O) groups is 2. The molecule has 2 aromatic heterocycles. The van der Waals surface area contributed by atoms with E-state index in [1.54, 1.807) is 26.5 Å². The molecule has 8 nitrogen and oxygen atoms in total. The van der Waals surface area contributed by atoms with Gasteiger partial charge in [0, 0.05) is 54.0 Å². The minimum atomic E-state index is -4.47. The first-order valence-electron chi connectivity index (χ1n) is 14.6. The van der Waals surface area contributed by atoms with Crippen molar-refractivity contribution in [3.8, 4) is 0 Å². The number of nitrogens with one attached hydrogen (secondary N) is 3. The van der Waals surface area contributed by atoms with E-state index < -0.39 is 34.8 Å². The zero-order chi connectivity index (χ0) is 32.8. The Hall–Kier alpha value is -4.84. The molecule has 0 bridgehead atoms. The van der Waals surface area contributed by atoms with Crippen molar-refractivity contribution in [1.29, 1.82) is 0 Å². The van der Waals surface area contributed by atoms with Gasteiger partial charge in [-0.25, -0.2) is 9.69 Å². The lowest BCUT2D eigenvalue weighted by Gasteiger charge is -2.39. The molecule has 3 N–H and O–H groups in total. The Labute approximate surface area is 267 Å². The van der Waals surface area contributed by atoms with E-state index in [4.69, 9.17) is 0 Å². The highest BCUT2D eigenvalue weighted by molar-refractivity contribution is 8.00. The number of hydrogen-bond acceptors (Lipinski definition) is 7. The summed E-state index contributed by atoms with van der Waals surface area (Å²) in [5.41, 5.74) is -1.14. The molecule has 46 heavy (non-hydrogen) atoms. The summed E-state index contributed by atoms with van der Waals surface area (Å²) in [6.45, 7) is 3.81. The van der Waals surface area contributed by atoms with Gasteiger partial charge in [0.15, 0.2) is 0 Å². The number of imide groups is 1. The van der Waals surface area contributed by atoms with Gasteiger partial charge in [-0.3, -0.25) is 14.8 Å². The lowest BCUT2D eigenvalue weighted by atomic mass is 9.68. The van der Waals surface area contributed by atoms with E-state index >= 15 is 0 Å². The number of anilines is 3. The molecule has 0 radical (unpaired) electrons. The van der Waals surface area contributed by atoms with Crippen LogP contribution in [0.1, 0.15) is 36.8 Å². The quantitative estimate of drug-likeness (QED) is 0.117. The lowest BCUT2D eigenvalue weighted by Crippen LogP contribution is -2.55. The summed E-state index contributed by atoms with van der Waals surface area (Å²) in [5, 5.41) is 11.1. The molecule has 3 amide bonds. The van der Waals surface area contributed by atoms with Crippen molar-refractivity contribution in [3.63, 3.8) is 0 Å². The third-order valence-electron chi connectivity index (χ3n) is 8.85. The van der Waals surface area contributed by atoms with E-state index in [-0.39, 0.29) is 22.3 Å². The summed E-state index contributed by atoms with van der Waals surface area (Å²) in [5.74, 6) is -1.69. The van der Waals surface area contributed by atoms with E-state index in [2.05, 4.69) is 25.9 Å². The molecule has 12 heteroatoms. The Morgan fingerprint density at radius 2 is 1.28 bits per heavy atom. The molecule has 0 saturated carbocycles. The van der Waals surface area contributed by atoms with E-state index in [1.165, 1.54) is 24.3 Å². The second-order valence-corrected chi connectivity index (χ2v) is 12.3. The molecule has 1 fully saturated rings. The molecule has 0 aliphatic carbocycles. The molecule has 2 atom stereocenters. The molecule has 236 valence electrons. The van der Waals surface area contributed by atoms with Crippen LogP contribution in [0.15, 0.2) is 90.1 Å². The van der Waals surface area contributed by atoms with Gasteiger partial charge in [-0.05, 0) is 71.4 Å². The number of aromatic nitrogens is 2. The fraction of sp³-hybridized carbons (Fsp3) is 0.235. The minimum absolute atomic E-state index is 0.0523. The first kappa shape index (κ1) is 31.2. The van der Waals surface area contributed by atoms with Gasteiger partial charge >= 0.3 is 11.5 Å². The Bertz CT molecular complexity index is 1870. The highest BCUT2D eigenvalue weighted by Gasteiger charge is 2.59. The average molecular weight is 645 g/mol. The second kappa shape index (κ2) is 11.8. The van der Waals surface area contributed by atoms with Gasteiger partial charge in [-0.2, -0.15) is 13.2 Å². The topological polar surface area (TPSA) is 99.3 Å². The van der Waals surface area contributed by atoms with Crippen LogP contribution in [0.5, 0.6) is 0 Å². The van der Waals surface area contributed by atoms with Crippen LogP contribution in [0.3, 0.4) is 0 Å².